The van der Waals surface area contributed by atoms with Crippen molar-refractivity contribution >= 4 is 27.5 Å². The van der Waals surface area contributed by atoms with E-state index in [1.54, 1.807) is 0 Å². The van der Waals surface area contributed by atoms with E-state index in [0.717, 1.165) is 24.5 Å². The number of sulfonamides is 1. The minimum absolute atomic E-state index is 0.0238. The first kappa shape index (κ1) is 19.1. The number of rotatable bonds is 6. The van der Waals surface area contributed by atoms with Crippen LogP contribution in [0, 0.1) is 10.1 Å². The van der Waals surface area contributed by atoms with Crippen molar-refractivity contribution in [2.45, 2.75) is 23.8 Å². The number of nitro groups is 1. The second-order valence-corrected chi connectivity index (χ2v) is 8.17. The first-order chi connectivity index (χ1) is 12.9. The predicted octanol–water partition coefficient (Wildman–Crippen LogP) is 3.19. The molecular weight excluding hydrogens is 366 g/mol. The van der Waals surface area contributed by atoms with Gasteiger partial charge in [0.2, 0.25) is 10.0 Å². The summed E-state index contributed by atoms with van der Waals surface area (Å²) in [5.41, 5.74) is 1.30. The van der Waals surface area contributed by atoms with Gasteiger partial charge in [0.1, 0.15) is 5.69 Å². The maximum atomic E-state index is 12.0. The molecule has 2 aromatic carbocycles. The third-order valence-corrected chi connectivity index (χ3v) is 6.05. The van der Waals surface area contributed by atoms with E-state index < -0.39 is 14.9 Å². The molecule has 1 N–H and O–H groups in total. The standard InChI is InChI=1S/C19H21N3O4S/c1-20-27(25,26)17-11-12-18(19(14-17)22(23)24)21-13-5-8-16(21)10-9-15-6-3-2-4-7-15/h2-4,6-7,9-12,14,16,20H,5,8,13H2,1H3/b10-9+. The summed E-state index contributed by atoms with van der Waals surface area (Å²) in [6, 6.07) is 13.9. The molecule has 142 valence electrons. The number of nitro benzene ring substituents is 1. The van der Waals surface area contributed by atoms with Gasteiger partial charge >= 0.3 is 0 Å². The van der Waals surface area contributed by atoms with Crippen molar-refractivity contribution in [2.75, 3.05) is 18.5 Å². The Balaban J connectivity index is 1.94. The van der Waals surface area contributed by atoms with Crippen LogP contribution in [-0.2, 0) is 10.0 Å². The summed E-state index contributed by atoms with van der Waals surface area (Å²) in [4.78, 5) is 12.9. The molecular formula is C19H21N3O4S. The summed E-state index contributed by atoms with van der Waals surface area (Å²) >= 11 is 0. The van der Waals surface area contributed by atoms with Gasteiger partial charge in [-0.05, 0) is 37.6 Å². The van der Waals surface area contributed by atoms with Crippen LogP contribution in [0.1, 0.15) is 18.4 Å². The monoisotopic (exact) mass is 387 g/mol. The van der Waals surface area contributed by atoms with E-state index in [-0.39, 0.29) is 16.6 Å². The Labute approximate surface area is 158 Å². The number of benzene rings is 2. The number of hydrogen-bond acceptors (Lipinski definition) is 5. The lowest BCUT2D eigenvalue weighted by atomic mass is 10.1. The van der Waals surface area contributed by atoms with Crippen molar-refractivity contribution in [3.05, 3.63) is 70.3 Å². The van der Waals surface area contributed by atoms with Crippen molar-refractivity contribution < 1.29 is 13.3 Å². The molecule has 7 nitrogen and oxygen atoms in total. The van der Waals surface area contributed by atoms with Crippen LogP contribution in [0.4, 0.5) is 11.4 Å². The SMILES string of the molecule is CNS(=O)(=O)c1ccc(N2CCCC2/C=C/c2ccccc2)c([N+](=O)[O-])c1. The normalized spacial score (nSPS) is 17.5. The van der Waals surface area contributed by atoms with Gasteiger partial charge < -0.3 is 4.90 Å². The highest BCUT2D eigenvalue weighted by Gasteiger charge is 2.29. The average Bonchev–Trinajstić information content (AvgIpc) is 3.15. The van der Waals surface area contributed by atoms with Gasteiger partial charge in [-0.25, -0.2) is 13.1 Å². The van der Waals surface area contributed by atoms with Crippen LogP contribution in [0.25, 0.3) is 6.08 Å². The first-order valence-corrected chi connectivity index (χ1v) is 10.1. The van der Waals surface area contributed by atoms with Crippen LogP contribution in [0.15, 0.2) is 59.5 Å². The number of hydrogen-bond donors (Lipinski definition) is 1. The molecule has 0 bridgehead atoms. The molecule has 1 aliphatic rings. The minimum Gasteiger partial charge on any atom is -0.360 e. The van der Waals surface area contributed by atoms with Gasteiger partial charge in [0, 0.05) is 18.7 Å². The zero-order valence-corrected chi connectivity index (χ0v) is 15.7. The van der Waals surface area contributed by atoms with Crippen molar-refractivity contribution in [1.82, 2.24) is 4.72 Å². The van der Waals surface area contributed by atoms with E-state index in [9.17, 15) is 18.5 Å². The van der Waals surface area contributed by atoms with Crippen molar-refractivity contribution in [3.63, 3.8) is 0 Å². The summed E-state index contributed by atoms with van der Waals surface area (Å²) < 4.78 is 26.1. The summed E-state index contributed by atoms with van der Waals surface area (Å²) in [6.45, 7) is 0.683. The van der Waals surface area contributed by atoms with E-state index in [2.05, 4.69) is 4.72 Å². The summed E-state index contributed by atoms with van der Waals surface area (Å²) in [7, 11) is -2.46. The van der Waals surface area contributed by atoms with E-state index >= 15 is 0 Å². The van der Waals surface area contributed by atoms with Gasteiger partial charge in [0.25, 0.3) is 5.69 Å². The van der Waals surface area contributed by atoms with Gasteiger partial charge in [0.05, 0.1) is 9.82 Å². The molecule has 8 heteroatoms. The van der Waals surface area contributed by atoms with Gasteiger partial charge in [-0.3, -0.25) is 10.1 Å². The summed E-state index contributed by atoms with van der Waals surface area (Å²) in [5.74, 6) is 0. The molecule has 0 aromatic heterocycles. The Morgan fingerprint density at radius 3 is 2.63 bits per heavy atom. The fourth-order valence-electron chi connectivity index (χ4n) is 3.26. The van der Waals surface area contributed by atoms with E-state index in [4.69, 9.17) is 0 Å². The van der Waals surface area contributed by atoms with Crippen LogP contribution >= 0.6 is 0 Å². The third kappa shape index (κ3) is 4.17. The lowest BCUT2D eigenvalue weighted by Crippen LogP contribution is -2.28. The van der Waals surface area contributed by atoms with Gasteiger partial charge in [0.15, 0.2) is 0 Å². The van der Waals surface area contributed by atoms with Gasteiger partial charge in [-0.15, -0.1) is 0 Å². The molecule has 1 unspecified atom stereocenters. The third-order valence-electron chi connectivity index (χ3n) is 4.64. The first-order valence-electron chi connectivity index (χ1n) is 8.64. The van der Waals surface area contributed by atoms with E-state index in [1.165, 1.54) is 19.2 Å². The van der Waals surface area contributed by atoms with Gasteiger partial charge in [-0.1, -0.05) is 42.5 Å². The fourth-order valence-corrected chi connectivity index (χ4v) is 4.01. The zero-order valence-electron chi connectivity index (χ0n) is 14.9. The fraction of sp³-hybridized carbons (Fsp3) is 0.263. The molecule has 27 heavy (non-hydrogen) atoms. The van der Waals surface area contributed by atoms with Crippen molar-refractivity contribution in [3.8, 4) is 0 Å². The topological polar surface area (TPSA) is 92.6 Å². The largest absolute Gasteiger partial charge is 0.360 e. The molecule has 0 aliphatic carbocycles. The maximum Gasteiger partial charge on any atom is 0.293 e. The minimum atomic E-state index is -3.74. The number of nitrogens with one attached hydrogen (secondary N) is 1. The molecule has 0 spiro atoms. The Morgan fingerprint density at radius 1 is 1.22 bits per heavy atom. The molecule has 1 fully saturated rings. The number of anilines is 1. The Bertz CT molecular complexity index is 958. The predicted molar refractivity (Wildman–Crippen MR) is 105 cm³/mol. The molecule has 1 heterocycles. The smallest absolute Gasteiger partial charge is 0.293 e. The maximum absolute atomic E-state index is 12.0. The number of nitrogens with zero attached hydrogens (tertiary/aromatic N) is 2. The summed E-state index contributed by atoms with van der Waals surface area (Å²) in [5, 5.41) is 11.6. The van der Waals surface area contributed by atoms with Crippen LogP contribution in [0.5, 0.6) is 0 Å². The Hall–Kier alpha value is -2.71. The molecule has 1 atom stereocenters. The highest BCUT2D eigenvalue weighted by molar-refractivity contribution is 7.89. The highest BCUT2D eigenvalue weighted by Crippen LogP contribution is 2.35. The Morgan fingerprint density at radius 2 is 1.96 bits per heavy atom. The van der Waals surface area contributed by atoms with Crippen LogP contribution in [0.2, 0.25) is 0 Å². The molecule has 0 radical (unpaired) electrons. The van der Waals surface area contributed by atoms with Gasteiger partial charge in [-0.2, -0.15) is 0 Å². The Kier molecular flexibility index (Phi) is 5.57. The zero-order chi connectivity index (χ0) is 19.4. The molecule has 0 saturated carbocycles. The highest BCUT2D eigenvalue weighted by atomic mass is 32.2. The molecule has 2 aromatic rings. The molecule has 3 rings (SSSR count). The quantitative estimate of drug-likeness (QED) is 0.607. The molecule has 0 amide bonds. The van der Waals surface area contributed by atoms with Crippen LogP contribution < -0.4 is 9.62 Å². The average molecular weight is 387 g/mol. The lowest BCUT2D eigenvalue weighted by Gasteiger charge is -2.24. The second-order valence-electron chi connectivity index (χ2n) is 6.29. The van der Waals surface area contributed by atoms with E-state index in [1.807, 2.05) is 47.4 Å². The van der Waals surface area contributed by atoms with E-state index in [0.29, 0.717) is 12.2 Å². The molecule has 1 aliphatic heterocycles. The van der Waals surface area contributed by atoms with Crippen LogP contribution in [-0.4, -0.2) is 33.0 Å². The van der Waals surface area contributed by atoms with Crippen molar-refractivity contribution in [1.29, 1.82) is 0 Å². The second kappa shape index (κ2) is 7.89. The van der Waals surface area contributed by atoms with Crippen LogP contribution in [0.3, 0.4) is 0 Å². The summed E-state index contributed by atoms with van der Waals surface area (Å²) in [6.07, 6.45) is 5.85. The van der Waals surface area contributed by atoms with Crippen molar-refractivity contribution in [2.24, 2.45) is 0 Å². The lowest BCUT2D eigenvalue weighted by molar-refractivity contribution is -0.384. The molecule has 1 saturated heterocycles.